The van der Waals surface area contributed by atoms with E-state index in [2.05, 4.69) is 10.4 Å². The van der Waals surface area contributed by atoms with Crippen molar-refractivity contribution in [3.05, 3.63) is 64.0 Å². The molecule has 2 aromatic heterocycles. The Bertz CT molecular complexity index is 1020. The van der Waals surface area contributed by atoms with Crippen molar-refractivity contribution >= 4 is 11.6 Å². The number of aromatic nitrogens is 2. The quantitative estimate of drug-likeness (QED) is 0.510. The van der Waals surface area contributed by atoms with Crippen molar-refractivity contribution in [3.63, 3.8) is 0 Å². The van der Waals surface area contributed by atoms with E-state index in [1.54, 1.807) is 24.3 Å². The number of benzene rings is 1. The Morgan fingerprint density at radius 2 is 1.96 bits per heavy atom. The monoisotopic (exact) mass is 382 g/mol. The number of carbonyl (C=O) groups excluding carboxylic acids is 1. The molecule has 0 radical (unpaired) electrons. The minimum absolute atomic E-state index is 0.0460. The summed E-state index contributed by atoms with van der Waals surface area (Å²) in [5.74, 6) is 1.19. The third-order valence-corrected chi connectivity index (χ3v) is 4.58. The Hall–Kier alpha value is -3.42. The lowest BCUT2D eigenvalue weighted by Gasteiger charge is -2.17. The first-order valence-corrected chi connectivity index (χ1v) is 8.99. The number of nitro groups is 1. The van der Waals surface area contributed by atoms with E-state index < -0.39 is 4.92 Å². The topological polar surface area (TPSA) is 103 Å². The maximum absolute atomic E-state index is 12.9. The van der Waals surface area contributed by atoms with E-state index >= 15 is 0 Å². The van der Waals surface area contributed by atoms with Crippen molar-refractivity contribution in [1.29, 1.82) is 0 Å². The second-order valence-corrected chi connectivity index (χ2v) is 7.02. The predicted molar refractivity (Wildman–Crippen MR) is 104 cm³/mol. The van der Waals surface area contributed by atoms with Gasteiger partial charge in [0.2, 0.25) is 0 Å². The van der Waals surface area contributed by atoms with Crippen LogP contribution in [0, 0.1) is 23.0 Å². The molecule has 3 rings (SSSR count). The zero-order chi connectivity index (χ0) is 20.4. The van der Waals surface area contributed by atoms with Crippen molar-refractivity contribution in [2.45, 2.75) is 33.7 Å². The Morgan fingerprint density at radius 3 is 2.57 bits per heavy atom. The molecule has 8 nitrogen and oxygen atoms in total. The molecule has 1 atom stereocenters. The highest BCUT2D eigenvalue weighted by Crippen LogP contribution is 2.25. The summed E-state index contributed by atoms with van der Waals surface area (Å²) in [5, 5.41) is 18.6. The average Bonchev–Trinajstić information content (AvgIpc) is 3.28. The highest BCUT2D eigenvalue weighted by Gasteiger charge is 2.22. The summed E-state index contributed by atoms with van der Waals surface area (Å²) in [6.07, 6.45) is 0. The Balaban J connectivity index is 2.08. The maximum atomic E-state index is 12.9. The normalized spacial score (nSPS) is 12.2. The summed E-state index contributed by atoms with van der Waals surface area (Å²) >= 11 is 0. The molecule has 0 bridgehead atoms. The molecule has 28 heavy (non-hydrogen) atoms. The van der Waals surface area contributed by atoms with Crippen LogP contribution in [0.3, 0.4) is 0 Å². The van der Waals surface area contributed by atoms with E-state index in [0.29, 0.717) is 17.1 Å². The molecule has 0 saturated carbocycles. The van der Waals surface area contributed by atoms with Crippen molar-refractivity contribution < 1.29 is 14.1 Å². The molecule has 0 saturated heterocycles. The second kappa shape index (κ2) is 7.67. The van der Waals surface area contributed by atoms with E-state index in [4.69, 9.17) is 4.42 Å². The molecule has 2 heterocycles. The smallest absolute Gasteiger partial charge is 0.271 e. The van der Waals surface area contributed by atoms with Gasteiger partial charge in [0.05, 0.1) is 10.6 Å². The van der Waals surface area contributed by atoms with Crippen LogP contribution in [0.15, 0.2) is 46.9 Å². The van der Waals surface area contributed by atoms with Crippen LogP contribution in [0.1, 0.15) is 37.0 Å². The van der Waals surface area contributed by atoms with Gasteiger partial charge in [0, 0.05) is 24.2 Å². The molecule has 1 amide bonds. The average molecular weight is 382 g/mol. The van der Waals surface area contributed by atoms with Crippen LogP contribution in [-0.2, 0) is 0 Å². The molecular weight excluding hydrogens is 360 g/mol. The molecule has 8 heteroatoms. The highest BCUT2D eigenvalue weighted by molar-refractivity contribution is 5.94. The first kappa shape index (κ1) is 19.3. The third kappa shape index (κ3) is 3.95. The fourth-order valence-electron chi connectivity index (χ4n) is 2.62. The minimum atomic E-state index is -0.482. The largest absolute Gasteiger partial charge is 0.460 e. The van der Waals surface area contributed by atoms with E-state index in [1.807, 2.05) is 33.8 Å². The molecule has 1 aromatic carbocycles. The molecule has 0 aliphatic carbocycles. The zero-order valence-corrected chi connectivity index (χ0v) is 16.2. The number of nitrogens with zero attached hydrogens (tertiary/aromatic N) is 3. The first-order chi connectivity index (χ1) is 13.3. The zero-order valence-electron chi connectivity index (χ0n) is 16.2. The number of aryl methyl sites for hydroxylation is 1. The van der Waals surface area contributed by atoms with Gasteiger partial charge in [-0.1, -0.05) is 19.9 Å². The molecule has 0 spiro atoms. The number of amides is 1. The summed E-state index contributed by atoms with van der Waals surface area (Å²) in [5.41, 5.74) is 1.09. The third-order valence-electron chi connectivity index (χ3n) is 4.58. The predicted octanol–water partition coefficient (Wildman–Crippen LogP) is 4.12. The summed E-state index contributed by atoms with van der Waals surface area (Å²) in [4.78, 5) is 23.5. The second-order valence-electron chi connectivity index (χ2n) is 7.02. The van der Waals surface area contributed by atoms with Crippen LogP contribution in [0.4, 0.5) is 5.69 Å². The fourth-order valence-corrected chi connectivity index (χ4v) is 2.62. The summed E-state index contributed by atoms with van der Waals surface area (Å²) < 4.78 is 7.02. The number of hydrogen-bond donors (Lipinski definition) is 1. The van der Waals surface area contributed by atoms with E-state index in [-0.39, 0.29) is 29.2 Å². The van der Waals surface area contributed by atoms with Crippen molar-refractivity contribution in [2.24, 2.45) is 5.92 Å². The lowest BCUT2D eigenvalue weighted by atomic mass is 10.1. The van der Waals surface area contributed by atoms with E-state index in [1.165, 1.54) is 16.8 Å². The van der Waals surface area contributed by atoms with Crippen molar-refractivity contribution in [3.8, 4) is 17.1 Å². The number of nitro benzene ring substituents is 1. The number of carbonyl (C=O) groups is 1. The van der Waals surface area contributed by atoms with E-state index in [0.717, 1.165) is 5.76 Å². The van der Waals surface area contributed by atoms with Crippen LogP contribution in [0.2, 0.25) is 0 Å². The van der Waals surface area contributed by atoms with Gasteiger partial charge >= 0.3 is 0 Å². The Kier molecular flexibility index (Phi) is 5.30. The van der Waals surface area contributed by atoms with Crippen molar-refractivity contribution in [2.75, 3.05) is 0 Å². The minimum Gasteiger partial charge on any atom is -0.460 e. The molecule has 146 valence electrons. The van der Waals surface area contributed by atoms with Gasteiger partial charge in [-0.05, 0) is 38.0 Å². The van der Waals surface area contributed by atoms with Crippen LogP contribution in [0.25, 0.3) is 17.1 Å². The van der Waals surface area contributed by atoms with Gasteiger partial charge in [-0.3, -0.25) is 14.9 Å². The number of nitrogens with one attached hydrogen (secondary N) is 1. The molecule has 3 aromatic rings. The van der Waals surface area contributed by atoms with Gasteiger partial charge in [0.1, 0.15) is 17.1 Å². The van der Waals surface area contributed by atoms with E-state index in [9.17, 15) is 14.9 Å². The molecule has 0 fully saturated rings. The Morgan fingerprint density at radius 1 is 1.21 bits per heavy atom. The molecular formula is C20H22N4O4. The Labute approximate surface area is 162 Å². The van der Waals surface area contributed by atoms with Gasteiger partial charge in [0.15, 0.2) is 5.76 Å². The lowest BCUT2D eigenvalue weighted by Crippen LogP contribution is -2.37. The van der Waals surface area contributed by atoms with Gasteiger partial charge in [-0.15, -0.1) is 0 Å². The summed E-state index contributed by atoms with van der Waals surface area (Å²) in [7, 11) is 0. The number of non-ortho nitro benzene ring substituents is 1. The van der Waals surface area contributed by atoms with Gasteiger partial charge in [0.25, 0.3) is 11.6 Å². The summed E-state index contributed by atoms with van der Waals surface area (Å²) in [6, 6.07) is 11.2. The van der Waals surface area contributed by atoms with Gasteiger partial charge < -0.3 is 9.73 Å². The highest BCUT2D eigenvalue weighted by atomic mass is 16.6. The van der Waals surface area contributed by atoms with Crippen LogP contribution in [-0.4, -0.2) is 26.7 Å². The number of furan rings is 1. The number of hydrogen-bond acceptors (Lipinski definition) is 5. The lowest BCUT2D eigenvalue weighted by molar-refractivity contribution is -0.384. The first-order valence-electron chi connectivity index (χ1n) is 8.99. The summed E-state index contributed by atoms with van der Waals surface area (Å²) in [6.45, 7) is 7.77. The van der Waals surface area contributed by atoms with Crippen LogP contribution >= 0.6 is 0 Å². The molecule has 1 N–H and O–H groups in total. The number of rotatable bonds is 6. The molecule has 1 unspecified atom stereocenters. The fraction of sp³-hybridized carbons (Fsp3) is 0.300. The van der Waals surface area contributed by atoms with Gasteiger partial charge in [-0.25, -0.2) is 4.68 Å². The van der Waals surface area contributed by atoms with Crippen LogP contribution in [0.5, 0.6) is 0 Å². The molecule has 0 aliphatic rings. The van der Waals surface area contributed by atoms with Gasteiger partial charge in [-0.2, -0.15) is 5.10 Å². The maximum Gasteiger partial charge on any atom is 0.271 e. The SMILES string of the molecule is Cc1ccc(-c2cc(C(=O)NC(C)C(C)C)n(-c3cccc([N+](=O)[O-])c3)n2)o1. The van der Waals surface area contributed by atoms with Crippen molar-refractivity contribution in [1.82, 2.24) is 15.1 Å². The standard InChI is InChI=1S/C20H22N4O4/c1-12(2)14(4)21-20(25)18-11-17(19-9-8-13(3)28-19)22-23(18)15-6-5-7-16(10-15)24(26)27/h5-12,14H,1-4H3,(H,21,25). The van der Waals surface area contributed by atoms with Crippen LogP contribution < -0.4 is 5.32 Å². The molecule has 0 aliphatic heterocycles.